The molecule has 0 aliphatic rings. The van der Waals surface area contributed by atoms with Gasteiger partial charge in [-0.2, -0.15) is 0 Å². The molecule has 0 fully saturated rings. The quantitative estimate of drug-likeness (QED) is 0.847. The van der Waals surface area contributed by atoms with Crippen molar-refractivity contribution in [1.29, 1.82) is 0 Å². The van der Waals surface area contributed by atoms with Crippen molar-refractivity contribution in [1.82, 2.24) is 0 Å². The van der Waals surface area contributed by atoms with Crippen LogP contribution in [0, 0.1) is 11.6 Å². The van der Waals surface area contributed by atoms with Crippen molar-refractivity contribution in [2.75, 3.05) is 5.32 Å². The lowest BCUT2D eigenvalue weighted by atomic mass is 10.2. The van der Waals surface area contributed by atoms with Crippen LogP contribution < -0.4 is 5.32 Å². The Morgan fingerprint density at radius 2 is 1.47 bits per heavy atom. The summed E-state index contributed by atoms with van der Waals surface area (Å²) in [6.45, 7) is 0. The average Bonchev–Trinajstić information content (AvgIpc) is 2.35. The Balaban J connectivity index is 2.25. The van der Waals surface area contributed by atoms with E-state index in [9.17, 15) is 13.6 Å². The molecule has 0 aliphatic heterocycles. The number of carbonyl (C=O) groups is 1. The lowest BCUT2D eigenvalue weighted by Gasteiger charge is -2.07. The van der Waals surface area contributed by atoms with Crippen molar-refractivity contribution in [3.63, 3.8) is 0 Å². The minimum absolute atomic E-state index is 0.343. The third-order valence-corrected chi connectivity index (χ3v) is 2.24. The molecule has 0 bridgehead atoms. The Hall–Kier alpha value is -2.23. The van der Waals surface area contributed by atoms with Gasteiger partial charge in [0.05, 0.1) is 0 Å². The molecule has 2 aromatic carbocycles. The molecule has 2 rings (SSSR count). The third-order valence-electron chi connectivity index (χ3n) is 2.24. The van der Waals surface area contributed by atoms with Gasteiger partial charge in [-0.05, 0) is 24.3 Å². The summed E-state index contributed by atoms with van der Waals surface area (Å²) in [4.78, 5) is 11.7. The molecule has 0 atom stereocenters. The summed E-state index contributed by atoms with van der Waals surface area (Å²) in [5.74, 6) is -2.14. The Morgan fingerprint density at radius 3 is 2.06 bits per heavy atom. The molecule has 0 saturated heterocycles. The first-order valence-electron chi connectivity index (χ1n) is 4.99. The fraction of sp³-hybridized carbons (Fsp3) is 0. The molecule has 0 spiro atoms. The van der Waals surface area contributed by atoms with E-state index in [0.29, 0.717) is 5.56 Å². The Morgan fingerprint density at radius 1 is 0.882 bits per heavy atom. The summed E-state index contributed by atoms with van der Waals surface area (Å²) in [6.07, 6.45) is 0. The van der Waals surface area contributed by atoms with Gasteiger partial charge in [0.25, 0.3) is 5.91 Å². The SMILES string of the molecule is O=C(Nc1c(F)cccc1F)c1ccccc1. The Kier molecular flexibility index (Phi) is 3.14. The van der Waals surface area contributed by atoms with E-state index >= 15 is 0 Å². The zero-order valence-corrected chi connectivity index (χ0v) is 8.78. The smallest absolute Gasteiger partial charge is 0.255 e. The first kappa shape index (κ1) is 11.3. The Bertz CT molecular complexity index is 520. The van der Waals surface area contributed by atoms with Crippen LogP contribution in [0.5, 0.6) is 0 Å². The second-order valence-electron chi connectivity index (χ2n) is 3.42. The molecule has 0 aromatic heterocycles. The number of para-hydroxylation sites is 1. The molecule has 0 radical (unpaired) electrons. The van der Waals surface area contributed by atoms with Crippen LogP contribution >= 0.6 is 0 Å². The van der Waals surface area contributed by atoms with E-state index < -0.39 is 23.2 Å². The molecular weight excluding hydrogens is 224 g/mol. The molecule has 17 heavy (non-hydrogen) atoms. The lowest BCUT2D eigenvalue weighted by molar-refractivity contribution is 0.102. The van der Waals surface area contributed by atoms with Crippen LogP contribution in [-0.4, -0.2) is 5.91 Å². The van der Waals surface area contributed by atoms with E-state index in [1.165, 1.54) is 6.07 Å². The van der Waals surface area contributed by atoms with Gasteiger partial charge < -0.3 is 5.32 Å². The zero-order chi connectivity index (χ0) is 12.3. The van der Waals surface area contributed by atoms with Gasteiger partial charge in [-0.1, -0.05) is 24.3 Å². The second kappa shape index (κ2) is 4.74. The van der Waals surface area contributed by atoms with Crippen LogP contribution in [-0.2, 0) is 0 Å². The summed E-state index contributed by atoms with van der Waals surface area (Å²) in [5.41, 5.74) is -0.0866. The fourth-order valence-electron chi connectivity index (χ4n) is 1.39. The van der Waals surface area contributed by atoms with Gasteiger partial charge in [0.2, 0.25) is 0 Å². The van der Waals surface area contributed by atoms with Crippen molar-refractivity contribution in [3.05, 3.63) is 65.7 Å². The number of hydrogen-bond donors (Lipinski definition) is 1. The van der Waals surface area contributed by atoms with E-state index in [-0.39, 0.29) is 0 Å². The van der Waals surface area contributed by atoms with Crippen LogP contribution in [0.3, 0.4) is 0 Å². The summed E-state index contributed by atoms with van der Waals surface area (Å²) in [7, 11) is 0. The molecule has 0 saturated carbocycles. The maximum Gasteiger partial charge on any atom is 0.255 e. The molecule has 1 N–H and O–H groups in total. The number of amides is 1. The van der Waals surface area contributed by atoms with Gasteiger partial charge in [-0.3, -0.25) is 4.79 Å². The average molecular weight is 233 g/mol. The van der Waals surface area contributed by atoms with E-state index in [4.69, 9.17) is 0 Å². The lowest BCUT2D eigenvalue weighted by Crippen LogP contribution is -2.14. The number of anilines is 1. The number of hydrogen-bond acceptors (Lipinski definition) is 1. The van der Waals surface area contributed by atoms with Gasteiger partial charge in [0.15, 0.2) is 0 Å². The number of nitrogens with one attached hydrogen (secondary N) is 1. The molecular formula is C13H9F2NO. The highest BCUT2D eigenvalue weighted by atomic mass is 19.1. The van der Waals surface area contributed by atoms with Gasteiger partial charge in [-0.15, -0.1) is 0 Å². The topological polar surface area (TPSA) is 29.1 Å². The minimum Gasteiger partial charge on any atom is -0.317 e. The number of benzene rings is 2. The highest BCUT2D eigenvalue weighted by molar-refractivity contribution is 6.04. The maximum absolute atomic E-state index is 13.3. The first-order valence-corrected chi connectivity index (χ1v) is 4.99. The predicted octanol–water partition coefficient (Wildman–Crippen LogP) is 3.22. The van der Waals surface area contributed by atoms with Gasteiger partial charge >= 0.3 is 0 Å². The van der Waals surface area contributed by atoms with E-state index in [1.807, 2.05) is 0 Å². The monoisotopic (exact) mass is 233 g/mol. The summed E-state index contributed by atoms with van der Waals surface area (Å²) < 4.78 is 26.5. The number of carbonyl (C=O) groups excluding carboxylic acids is 1. The van der Waals surface area contributed by atoms with Gasteiger partial charge in [0.1, 0.15) is 17.3 Å². The fourth-order valence-corrected chi connectivity index (χ4v) is 1.39. The third kappa shape index (κ3) is 2.47. The molecule has 1 amide bonds. The standard InChI is InChI=1S/C13H9F2NO/c14-10-7-4-8-11(15)12(10)16-13(17)9-5-2-1-3-6-9/h1-8H,(H,16,17). The van der Waals surface area contributed by atoms with Crippen molar-refractivity contribution < 1.29 is 13.6 Å². The highest BCUT2D eigenvalue weighted by Crippen LogP contribution is 2.18. The molecule has 2 nitrogen and oxygen atoms in total. The second-order valence-corrected chi connectivity index (χ2v) is 3.42. The van der Waals surface area contributed by atoms with Crippen LogP contribution in [0.4, 0.5) is 14.5 Å². The van der Waals surface area contributed by atoms with Gasteiger partial charge in [-0.25, -0.2) is 8.78 Å². The maximum atomic E-state index is 13.3. The van der Waals surface area contributed by atoms with E-state index in [2.05, 4.69) is 5.32 Å². The summed E-state index contributed by atoms with van der Waals surface area (Å²) in [5, 5.41) is 2.21. The molecule has 4 heteroatoms. The van der Waals surface area contributed by atoms with Crippen LogP contribution in [0.25, 0.3) is 0 Å². The largest absolute Gasteiger partial charge is 0.317 e. The van der Waals surface area contributed by atoms with Gasteiger partial charge in [0, 0.05) is 5.56 Å². The molecule has 0 heterocycles. The normalized spacial score (nSPS) is 10.0. The van der Waals surface area contributed by atoms with E-state index in [1.54, 1.807) is 30.3 Å². The first-order chi connectivity index (χ1) is 8.18. The number of halogens is 2. The van der Waals surface area contributed by atoms with Crippen LogP contribution in [0.2, 0.25) is 0 Å². The minimum atomic E-state index is -0.797. The van der Waals surface area contributed by atoms with Crippen molar-refractivity contribution in [3.8, 4) is 0 Å². The Labute approximate surface area is 96.9 Å². The zero-order valence-electron chi connectivity index (χ0n) is 8.78. The molecule has 86 valence electrons. The summed E-state index contributed by atoms with van der Waals surface area (Å²) in [6, 6.07) is 11.6. The van der Waals surface area contributed by atoms with E-state index in [0.717, 1.165) is 12.1 Å². The molecule has 0 unspecified atom stereocenters. The molecule has 2 aromatic rings. The van der Waals surface area contributed by atoms with Crippen molar-refractivity contribution in [2.24, 2.45) is 0 Å². The number of rotatable bonds is 2. The predicted molar refractivity (Wildman–Crippen MR) is 60.8 cm³/mol. The van der Waals surface area contributed by atoms with Crippen molar-refractivity contribution >= 4 is 11.6 Å². The van der Waals surface area contributed by atoms with Crippen LogP contribution in [0.1, 0.15) is 10.4 Å². The van der Waals surface area contributed by atoms with Crippen LogP contribution in [0.15, 0.2) is 48.5 Å². The highest BCUT2D eigenvalue weighted by Gasteiger charge is 2.12. The molecule has 0 aliphatic carbocycles. The summed E-state index contributed by atoms with van der Waals surface area (Å²) >= 11 is 0. The van der Waals surface area contributed by atoms with Crippen molar-refractivity contribution in [2.45, 2.75) is 0 Å².